The van der Waals surface area contributed by atoms with E-state index in [1.807, 2.05) is 28.7 Å². The number of nitrogens with zero attached hydrogens (tertiary/aromatic N) is 4. The molecule has 3 heterocycles. The van der Waals surface area contributed by atoms with Gasteiger partial charge in [0.15, 0.2) is 17.1 Å². The number of H-pyrrole nitrogens is 1. The highest BCUT2D eigenvalue weighted by Crippen LogP contribution is 2.30. The number of fused-ring (bicyclic) bond motifs is 3. The van der Waals surface area contributed by atoms with Crippen molar-refractivity contribution in [3.63, 3.8) is 0 Å². The molecule has 6 nitrogen and oxygen atoms in total. The molecule has 23 heavy (non-hydrogen) atoms. The number of nitrogens with one attached hydrogen (secondary N) is 1. The van der Waals surface area contributed by atoms with E-state index in [1.54, 1.807) is 19.4 Å². The Balaban J connectivity index is 1.97. The average molecular weight is 305 g/mol. The summed E-state index contributed by atoms with van der Waals surface area (Å²) in [5, 5.41) is 8.02. The van der Waals surface area contributed by atoms with Crippen LogP contribution in [0.4, 0.5) is 0 Å². The molecular weight excluding hydrogens is 290 g/mol. The molecule has 0 unspecified atom stereocenters. The van der Waals surface area contributed by atoms with Gasteiger partial charge in [-0.25, -0.2) is 4.98 Å². The van der Waals surface area contributed by atoms with E-state index in [2.05, 4.69) is 27.1 Å². The first-order valence-corrected chi connectivity index (χ1v) is 7.49. The summed E-state index contributed by atoms with van der Waals surface area (Å²) in [5.41, 5.74) is 6.46. The van der Waals surface area contributed by atoms with Crippen molar-refractivity contribution >= 4 is 22.6 Å². The Kier molecular flexibility index (Phi) is 2.97. The van der Waals surface area contributed by atoms with Crippen molar-refractivity contribution in [2.45, 2.75) is 20.3 Å². The van der Waals surface area contributed by atoms with Gasteiger partial charge in [-0.1, -0.05) is 31.2 Å². The van der Waals surface area contributed by atoms with Gasteiger partial charge in [-0.2, -0.15) is 0 Å². The molecule has 0 amide bonds. The van der Waals surface area contributed by atoms with Crippen LogP contribution >= 0.6 is 0 Å². The predicted molar refractivity (Wildman–Crippen MR) is 87.5 cm³/mol. The second-order valence-corrected chi connectivity index (χ2v) is 5.48. The maximum atomic E-state index is 11.4. The van der Waals surface area contributed by atoms with Gasteiger partial charge in [0.1, 0.15) is 6.33 Å². The third-order valence-corrected chi connectivity index (χ3v) is 4.11. The van der Waals surface area contributed by atoms with Crippen LogP contribution in [-0.2, 0) is 6.42 Å². The summed E-state index contributed by atoms with van der Waals surface area (Å²) < 4.78 is 1.95. The summed E-state index contributed by atoms with van der Waals surface area (Å²) in [6.45, 7) is 3.68. The maximum Gasteiger partial charge on any atom is 0.179 e. The SMILES string of the molecule is CCc1c(-c2ccc(C(C)=O)cc2)[nH]c2ncc3nncn3c12. The van der Waals surface area contributed by atoms with Gasteiger partial charge in [0.05, 0.1) is 17.4 Å². The predicted octanol–water partition coefficient (Wildman–Crippen LogP) is 3.04. The lowest BCUT2D eigenvalue weighted by molar-refractivity contribution is 0.101. The lowest BCUT2D eigenvalue weighted by Crippen LogP contribution is -1.92. The summed E-state index contributed by atoms with van der Waals surface area (Å²) in [7, 11) is 0. The molecule has 0 saturated carbocycles. The molecule has 6 heteroatoms. The van der Waals surface area contributed by atoms with Gasteiger partial charge in [0, 0.05) is 11.1 Å². The van der Waals surface area contributed by atoms with Crippen molar-refractivity contribution in [3.8, 4) is 11.3 Å². The molecule has 1 N–H and O–H groups in total. The molecule has 114 valence electrons. The number of Topliss-reactive ketones (excluding diaryl/α,β-unsaturated/α-hetero) is 1. The second-order valence-electron chi connectivity index (χ2n) is 5.48. The lowest BCUT2D eigenvalue weighted by Gasteiger charge is -2.04. The van der Waals surface area contributed by atoms with Crippen molar-refractivity contribution < 1.29 is 4.79 Å². The molecule has 0 aliphatic heterocycles. The van der Waals surface area contributed by atoms with Crippen molar-refractivity contribution in [1.82, 2.24) is 24.6 Å². The van der Waals surface area contributed by atoms with E-state index in [4.69, 9.17) is 0 Å². The van der Waals surface area contributed by atoms with Crippen LogP contribution in [0.25, 0.3) is 28.1 Å². The van der Waals surface area contributed by atoms with E-state index in [0.29, 0.717) is 5.56 Å². The minimum absolute atomic E-state index is 0.0665. The van der Waals surface area contributed by atoms with Gasteiger partial charge in [-0.15, -0.1) is 10.2 Å². The quantitative estimate of drug-likeness (QED) is 0.590. The Morgan fingerprint density at radius 1 is 1.26 bits per heavy atom. The van der Waals surface area contributed by atoms with Gasteiger partial charge in [0.25, 0.3) is 0 Å². The summed E-state index contributed by atoms with van der Waals surface area (Å²) in [5.74, 6) is 0.0665. The lowest BCUT2D eigenvalue weighted by atomic mass is 10.0. The van der Waals surface area contributed by atoms with Gasteiger partial charge in [-0.3, -0.25) is 9.20 Å². The number of hydrogen-bond acceptors (Lipinski definition) is 4. The number of rotatable bonds is 3. The third kappa shape index (κ3) is 2.03. The highest BCUT2D eigenvalue weighted by molar-refractivity contribution is 5.95. The Labute approximate surface area is 132 Å². The van der Waals surface area contributed by atoms with Crippen LogP contribution in [0.5, 0.6) is 0 Å². The molecular formula is C17H15N5O. The summed E-state index contributed by atoms with van der Waals surface area (Å²) >= 11 is 0. The molecule has 0 radical (unpaired) electrons. The van der Waals surface area contributed by atoms with Crippen LogP contribution in [0, 0.1) is 0 Å². The summed E-state index contributed by atoms with van der Waals surface area (Å²) in [6.07, 6.45) is 4.26. The molecule has 0 bridgehead atoms. The zero-order valence-corrected chi connectivity index (χ0v) is 12.9. The van der Waals surface area contributed by atoms with Crippen LogP contribution in [0.3, 0.4) is 0 Å². The zero-order valence-electron chi connectivity index (χ0n) is 12.9. The highest BCUT2D eigenvalue weighted by Gasteiger charge is 2.16. The molecule has 0 atom stereocenters. The van der Waals surface area contributed by atoms with E-state index in [0.717, 1.165) is 40.1 Å². The molecule has 4 aromatic rings. The van der Waals surface area contributed by atoms with E-state index in [-0.39, 0.29) is 5.78 Å². The van der Waals surface area contributed by atoms with E-state index in [1.165, 1.54) is 0 Å². The molecule has 0 spiro atoms. The fraction of sp³-hybridized carbons (Fsp3) is 0.176. The molecule has 0 saturated heterocycles. The van der Waals surface area contributed by atoms with E-state index in [9.17, 15) is 4.79 Å². The number of carbonyl (C=O) groups is 1. The number of aromatic amines is 1. The topological polar surface area (TPSA) is 75.9 Å². The van der Waals surface area contributed by atoms with Gasteiger partial charge >= 0.3 is 0 Å². The molecule has 4 rings (SSSR count). The van der Waals surface area contributed by atoms with Gasteiger partial charge in [-0.05, 0) is 18.9 Å². The van der Waals surface area contributed by atoms with Crippen LogP contribution in [-0.4, -0.2) is 30.3 Å². The van der Waals surface area contributed by atoms with Crippen molar-refractivity contribution in [1.29, 1.82) is 0 Å². The fourth-order valence-corrected chi connectivity index (χ4v) is 2.96. The largest absolute Gasteiger partial charge is 0.338 e. The molecule has 0 aliphatic carbocycles. The molecule has 1 aromatic carbocycles. The molecule has 0 fully saturated rings. The van der Waals surface area contributed by atoms with Crippen LogP contribution in [0.15, 0.2) is 36.8 Å². The minimum atomic E-state index is 0.0665. The van der Waals surface area contributed by atoms with Gasteiger partial charge in [0.2, 0.25) is 0 Å². The zero-order chi connectivity index (χ0) is 16.0. The smallest absolute Gasteiger partial charge is 0.179 e. The molecule has 0 aliphatic rings. The Bertz CT molecular complexity index is 1030. The molecule has 3 aromatic heterocycles. The highest BCUT2D eigenvalue weighted by atomic mass is 16.1. The number of aryl methyl sites for hydroxylation is 1. The maximum absolute atomic E-state index is 11.4. The second kappa shape index (κ2) is 5.01. The van der Waals surface area contributed by atoms with Crippen LogP contribution < -0.4 is 0 Å². The Morgan fingerprint density at radius 3 is 2.74 bits per heavy atom. The van der Waals surface area contributed by atoms with Gasteiger partial charge < -0.3 is 4.98 Å². The van der Waals surface area contributed by atoms with Crippen molar-refractivity contribution in [2.75, 3.05) is 0 Å². The number of carbonyl (C=O) groups excluding carboxylic acids is 1. The summed E-state index contributed by atoms with van der Waals surface area (Å²) in [6, 6.07) is 7.63. The first-order chi connectivity index (χ1) is 11.2. The monoisotopic (exact) mass is 305 g/mol. The first-order valence-electron chi connectivity index (χ1n) is 7.49. The number of benzene rings is 1. The Hall–Kier alpha value is -3.02. The fourth-order valence-electron chi connectivity index (χ4n) is 2.96. The van der Waals surface area contributed by atoms with E-state index < -0.39 is 0 Å². The summed E-state index contributed by atoms with van der Waals surface area (Å²) in [4.78, 5) is 19.3. The van der Waals surface area contributed by atoms with Crippen LogP contribution in [0.2, 0.25) is 0 Å². The van der Waals surface area contributed by atoms with E-state index >= 15 is 0 Å². The number of ketones is 1. The Morgan fingerprint density at radius 2 is 2.04 bits per heavy atom. The third-order valence-electron chi connectivity index (χ3n) is 4.11. The normalized spacial score (nSPS) is 11.4. The van der Waals surface area contributed by atoms with Crippen molar-refractivity contribution in [3.05, 3.63) is 47.9 Å². The first kappa shape index (κ1) is 13.6. The van der Waals surface area contributed by atoms with Crippen molar-refractivity contribution in [2.24, 2.45) is 0 Å². The average Bonchev–Trinajstić information content (AvgIpc) is 3.18. The minimum Gasteiger partial charge on any atom is -0.338 e. The van der Waals surface area contributed by atoms with Crippen LogP contribution in [0.1, 0.15) is 29.8 Å². The number of aromatic nitrogens is 5. The standard InChI is InChI=1S/C17H15N5O/c1-3-13-15(12-6-4-11(5-7-12)10(2)23)20-17-16(13)22-9-19-21-14(22)8-18-17/h4-9,20H,3H2,1-2H3. The number of hydrogen-bond donors (Lipinski definition) is 1.